The number of nitrogens with two attached hydrogens (primary N) is 1. The number of hydrogen-bond acceptors (Lipinski definition) is 5. The highest BCUT2D eigenvalue weighted by atomic mass is 16.5. The van der Waals surface area contributed by atoms with E-state index in [2.05, 4.69) is 0 Å². The first kappa shape index (κ1) is 17.1. The van der Waals surface area contributed by atoms with Gasteiger partial charge in [0.2, 0.25) is 0 Å². The Morgan fingerprint density at radius 1 is 1.24 bits per heavy atom. The zero-order valence-corrected chi connectivity index (χ0v) is 12.4. The fourth-order valence-electron chi connectivity index (χ4n) is 1.67. The zero-order valence-electron chi connectivity index (χ0n) is 12.4. The van der Waals surface area contributed by atoms with Crippen molar-refractivity contribution in [2.45, 2.75) is 39.2 Å². The van der Waals surface area contributed by atoms with Crippen LogP contribution in [0.15, 0.2) is 30.3 Å². The lowest BCUT2D eigenvalue weighted by Gasteiger charge is -2.27. The quantitative estimate of drug-likeness (QED) is 0.469. The summed E-state index contributed by atoms with van der Waals surface area (Å²) < 4.78 is 10.3. The molecule has 6 heteroatoms. The number of carboxylic acid groups (broad SMARTS) is 1. The van der Waals surface area contributed by atoms with Crippen molar-refractivity contribution in [3.05, 3.63) is 35.9 Å². The summed E-state index contributed by atoms with van der Waals surface area (Å²) in [5.41, 5.74) is 5.78. The zero-order chi connectivity index (χ0) is 16.0. The van der Waals surface area contributed by atoms with Crippen molar-refractivity contribution in [1.82, 2.24) is 0 Å². The molecule has 3 N–H and O–H groups in total. The molecule has 21 heavy (non-hydrogen) atoms. The van der Waals surface area contributed by atoms with Gasteiger partial charge in [0, 0.05) is 0 Å². The average Bonchev–Trinajstić information content (AvgIpc) is 2.35. The number of carbonyl (C=O) groups is 2. The standard InChI is InChI=1S/C15H21NO5/c1-15(2,3)21-12(16)11(13(17)18)14(19)20-9-10-7-5-4-6-8-10/h4-8,11-12H,9,16H2,1-3H3,(H,17,18). The second-order valence-corrected chi connectivity index (χ2v) is 5.60. The molecule has 1 aromatic rings. The van der Waals surface area contributed by atoms with E-state index >= 15 is 0 Å². The van der Waals surface area contributed by atoms with Gasteiger partial charge in [0.25, 0.3) is 0 Å². The van der Waals surface area contributed by atoms with Gasteiger partial charge in [0.1, 0.15) is 12.8 Å². The van der Waals surface area contributed by atoms with Gasteiger partial charge >= 0.3 is 11.9 Å². The van der Waals surface area contributed by atoms with Crippen LogP contribution in [0.1, 0.15) is 26.3 Å². The van der Waals surface area contributed by atoms with E-state index in [-0.39, 0.29) is 6.61 Å². The topological polar surface area (TPSA) is 98.9 Å². The molecule has 0 aromatic heterocycles. The van der Waals surface area contributed by atoms with Gasteiger partial charge in [-0.25, -0.2) is 0 Å². The van der Waals surface area contributed by atoms with Gasteiger partial charge in [0.05, 0.1) is 5.60 Å². The summed E-state index contributed by atoms with van der Waals surface area (Å²) >= 11 is 0. The molecule has 2 atom stereocenters. The summed E-state index contributed by atoms with van der Waals surface area (Å²) in [5, 5.41) is 9.15. The summed E-state index contributed by atoms with van der Waals surface area (Å²) in [6.07, 6.45) is -1.27. The first-order valence-electron chi connectivity index (χ1n) is 6.57. The van der Waals surface area contributed by atoms with Crippen LogP contribution in [-0.4, -0.2) is 28.9 Å². The molecule has 0 radical (unpaired) electrons. The van der Waals surface area contributed by atoms with Crippen molar-refractivity contribution >= 4 is 11.9 Å². The molecule has 1 aromatic carbocycles. The number of carboxylic acids is 1. The number of esters is 1. The highest BCUT2D eigenvalue weighted by Crippen LogP contribution is 2.16. The summed E-state index contributed by atoms with van der Waals surface area (Å²) in [6, 6.07) is 8.97. The molecule has 0 saturated carbocycles. The maximum Gasteiger partial charge on any atom is 0.324 e. The first-order chi connectivity index (χ1) is 9.70. The third-order valence-electron chi connectivity index (χ3n) is 2.56. The van der Waals surface area contributed by atoms with Crippen molar-refractivity contribution < 1.29 is 24.2 Å². The molecule has 1 rings (SSSR count). The minimum Gasteiger partial charge on any atom is -0.480 e. The van der Waals surface area contributed by atoms with Crippen molar-refractivity contribution in [2.75, 3.05) is 0 Å². The molecule has 0 heterocycles. The van der Waals surface area contributed by atoms with Crippen LogP contribution >= 0.6 is 0 Å². The predicted molar refractivity (Wildman–Crippen MR) is 76.2 cm³/mol. The molecule has 0 aliphatic rings. The predicted octanol–water partition coefficient (Wildman–Crippen LogP) is 1.53. The number of carbonyl (C=O) groups excluding carboxylic acids is 1. The molecule has 6 nitrogen and oxygen atoms in total. The lowest BCUT2D eigenvalue weighted by molar-refractivity contribution is -0.172. The molecule has 0 saturated heterocycles. The number of aliphatic carboxylic acids is 1. The number of rotatable bonds is 6. The van der Waals surface area contributed by atoms with Crippen molar-refractivity contribution in [3.8, 4) is 0 Å². The van der Waals surface area contributed by atoms with Crippen LogP contribution in [-0.2, 0) is 25.7 Å². The van der Waals surface area contributed by atoms with E-state index in [4.69, 9.17) is 20.3 Å². The van der Waals surface area contributed by atoms with Crippen molar-refractivity contribution in [2.24, 2.45) is 11.7 Å². The third kappa shape index (κ3) is 5.93. The van der Waals surface area contributed by atoms with Gasteiger partial charge in [-0.05, 0) is 26.3 Å². The summed E-state index contributed by atoms with van der Waals surface area (Å²) in [4.78, 5) is 23.1. The van der Waals surface area contributed by atoms with Crippen molar-refractivity contribution in [1.29, 1.82) is 0 Å². The van der Waals surface area contributed by atoms with Crippen LogP contribution in [0.5, 0.6) is 0 Å². The Labute approximate surface area is 123 Å². The Morgan fingerprint density at radius 3 is 2.29 bits per heavy atom. The minimum atomic E-state index is -1.56. The molecule has 2 unspecified atom stereocenters. The minimum absolute atomic E-state index is 0.00824. The van der Waals surface area contributed by atoms with Crippen LogP contribution < -0.4 is 5.73 Å². The monoisotopic (exact) mass is 295 g/mol. The Hall–Kier alpha value is -1.92. The van der Waals surface area contributed by atoms with Gasteiger partial charge < -0.3 is 20.3 Å². The maximum atomic E-state index is 11.9. The maximum absolute atomic E-state index is 11.9. The van der Waals surface area contributed by atoms with Crippen LogP contribution in [0.2, 0.25) is 0 Å². The molecule has 0 spiro atoms. The molecule has 0 amide bonds. The normalized spacial score (nSPS) is 14.3. The van der Waals surface area contributed by atoms with Gasteiger partial charge in [0.15, 0.2) is 5.92 Å². The molecule has 0 aliphatic heterocycles. The number of benzene rings is 1. The molecule has 0 aliphatic carbocycles. The number of ether oxygens (including phenoxy) is 2. The Balaban J connectivity index is 2.67. The third-order valence-corrected chi connectivity index (χ3v) is 2.56. The van der Waals surface area contributed by atoms with Gasteiger partial charge in [-0.15, -0.1) is 0 Å². The molecular weight excluding hydrogens is 274 g/mol. The second kappa shape index (κ2) is 7.19. The van der Waals surface area contributed by atoms with E-state index < -0.39 is 29.7 Å². The van der Waals surface area contributed by atoms with Gasteiger partial charge in [-0.2, -0.15) is 0 Å². The Morgan fingerprint density at radius 2 is 1.81 bits per heavy atom. The van der Waals surface area contributed by atoms with E-state index in [0.29, 0.717) is 0 Å². The number of hydrogen-bond donors (Lipinski definition) is 2. The van der Waals surface area contributed by atoms with E-state index in [9.17, 15) is 9.59 Å². The molecule has 0 fully saturated rings. The highest BCUT2D eigenvalue weighted by Gasteiger charge is 2.37. The lowest BCUT2D eigenvalue weighted by atomic mass is 10.1. The van der Waals surface area contributed by atoms with Crippen LogP contribution in [0.4, 0.5) is 0 Å². The largest absolute Gasteiger partial charge is 0.480 e. The fraction of sp³-hybridized carbons (Fsp3) is 0.467. The first-order valence-corrected chi connectivity index (χ1v) is 6.57. The van der Waals surface area contributed by atoms with Crippen LogP contribution in [0.25, 0.3) is 0 Å². The van der Waals surface area contributed by atoms with E-state index in [1.165, 1.54) is 0 Å². The molecule has 116 valence electrons. The Kier molecular flexibility index (Phi) is 5.87. The smallest absolute Gasteiger partial charge is 0.324 e. The molecular formula is C15H21NO5. The average molecular weight is 295 g/mol. The highest BCUT2D eigenvalue weighted by molar-refractivity contribution is 5.94. The van der Waals surface area contributed by atoms with Crippen LogP contribution in [0, 0.1) is 5.92 Å². The summed E-state index contributed by atoms with van der Waals surface area (Å²) in [6.45, 7) is 5.16. The fourth-order valence-corrected chi connectivity index (χ4v) is 1.67. The lowest BCUT2D eigenvalue weighted by Crippen LogP contribution is -2.46. The Bertz CT molecular complexity index is 481. The molecule has 0 bridgehead atoms. The van der Waals surface area contributed by atoms with E-state index in [0.717, 1.165) is 5.56 Å². The van der Waals surface area contributed by atoms with Crippen molar-refractivity contribution in [3.63, 3.8) is 0 Å². The summed E-state index contributed by atoms with van der Waals surface area (Å²) in [5.74, 6) is -3.85. The van der Waals surface area contributed by atoms with Crippen LogP contribution in [0.3, 0.4) is 0 Å². The van der Waals surface area contributed by atoms with Gasteiger partial charge in [-0.1, -0.05) is 30.3 Å². The summed E-state index contributed by atoms with van der Waals surface area (Å²) in [7, 11) is 0. The second-order valence-electron chi connectivity index (χ2n) is 5.60. The van der Waals surface area contributed by atoms with E-state index in [1.54, 1.807) is 45.0 Å². The SMILES string of the molecule is CC(C)(C)OC(N)C(C(=O)O)C(=O)OCc1ccccc1. The van der Waals surface area contributed by atoms with E-state index in [1.807, 2.05) is 6.07 Å². The van der Waals surface area contributed by atoms with Gasteiger partial charge in [-0.3, -0.25) is 9.59 Å².